The Morgan fingerprint density at radius 2 is 1.57 bits per heavy atom. The van der Waals surface area contributed by atoms with Gasteiger partial charge in [-0.05, 0) is 76.7 Å². The first-order valence-electron chi connectivity index (χ1n) is 12.0. The van der Waals surface area contributed by atoms with Crippen LogP contribution in [-0.4, -0.2) is 9.97 Å². The van der Waals surface area contributed by atoms with Gasteiger partial charge in [0.2, 0.25) is 0 Å². The van der Waals surface area contributed by atoms with Crippen LogP contribution < -0.4 is 5.32 Å². The zero-order chi connectivity index (χ0) is 24.2. The van der Waals surface area contributed by atoms with Crippen LogP contribution in [0.3, 0.4) is 0 Å². The van der Waals surface area contributed by atoms with Crippen molar-refractivity contribution in [3.8, 4) is 11.4 Å². The summed E-state index contributed by atoms with van der Waals surface area (Å²) in [5.41, 5.74) is 10.5. The maximum atomic E-state index is 4.80. The van der Waals surface area contributed by atoms with Gasteiger partial charge < -0.3 is 10.3 Å². The molecule has 4 aromatic carbocycles. The molecular formula is C32H29N3. The zero-order valence-electron chi connectivity index (χ0n) is 20.0. The Morgan fingerprint density at radius 1 is 0.800 bits per heavy atom. The molecule has 3 nitrogen and oxygen atoms in total. The summed E-state index contributed by atoms with van der Waals surface area (Å²) in [5, 5.41) is 3.43. The number of aromatic amines is 1. The maximum Gasteiger partial charge on any atom is 0.138 e. The summed E-state index contributed by atoms with van der Waals surface area (Å²) >= 11 is 0. The molecule has 0 amide bonds. The molecule has 5 aromatic rings. The van der Waals surface area contributed by atoms with E-state index in [0.717, 1.165) is 68.9 Å². The number of nitrogens with one attached hydrogen (secondary N) is 2. The van der Waals surface area contributed by atoms with Crippen molar-refractivity contribution in [1.82, 2.24) is 9.97 Å². The number of aromatic nitrogens is 2. The number of imidazole rings is 1. The van der Waals surface area contributed by atoms with Crippen LogP contribution in [0.4, 0.5) is 5.69 Å². The Labute approximate surface area is 206 Å². The Hall–Kier alpha value is -4.37. The van der Waals surface area contributed by atoms with Gasteiger partial charge in [0.05, 0.1) is 11.0 Å². The minimum atomic E-state index is 0.847. The van der Waals surface area contributed by atoms with Gasteiger partial charge in [-0.25, -0.2) is 4.98 Å². The van der Waals surface area contributed by atoms with Crippen LogP contribution >= 0.6 is 0 Å². The largest absolute Gasteiger partial charge is 0.356 e. The first kappa shape index (κ1) is 22.4. The molecule has 35 heavy (non-hydrogen) atoms. The number of H-pyrrole nitrogens is 1. The van der Waals surface area contributed by atoms with Gasteiger partial charge >= 0.3 is 0 Å². The third-order valence-corrected chi connectivity index (χ3v) is 6.22. The summed E-state index contributed by atoms with van der Waals surface area (Å²) in [4.78, 5) is 8.27. The van der Waals surface area contributed by atoms with Gasteiger partial charge in [-0.3, -0.25) is 0 Å². The molecule has 0 saturated heterocycles. The topological polar surface area (TPSA) is 40.7 Å². The first-order valence-corrected chi connectivity index (χ1v) is 12.0. The average Bonchev–Trinajstić information content (AvgIpc) is 3.33. The van der Waals surface area contributed by atoms with E-state index in [0.29, 0.717) is 0 Å². The van der Waals surface area contributed by atoms with Crippen molar-refractivity contribution in [2.75, 3.05) is 5.32 Å². The van der Waals surface area contributed by atoms with E-state index in [9.17, 15) is 0 Å². The van der Waals surface area contributed by atoms with Gasteiger partial charge in [0, 0.05) is 16.9 Å². The summed E-state index contributed by atoms with van der Waals surface area (Å²) in [6, 6.07) is 33.3. The fourth-order valence-electron chi connectivity index (χ4n) is 4.30. The van der Waals surface area contributed by atoms with E-state index in [2.05, 4.69) is 103 Å². The highest BCUT2D eigenvalue weighted by molar-refractivity contribution is 5.87. The molecule has 5 rings (SSSR count). The number of nitrogens with zero attached hydrogens (tertiary/aromatic N) is 1. The maximum absolute atomic E-state index is 4.80. The molecule has 1 aromatic heterocycles. The summed E-state index contributed by atoms with van der Waals surface area (Å²) in [5.74, 6) is 0.847. The molecule has 0 fully saturated rings. The quantitative estimate of drug-likeness (QED) is 0.247. The summed E-state index contributed by atoms with van der Waals surface area (Å²) in [7, 11) is 0. The summed E-state index contributed by atoms with van der Waals surface area (Å²) in [6.45, 7) is 10.7. The van der Waals surface area contributed by atoms with Crippen molar-refractivity contribution < 1.29 is 0 Å². The van der Waals surface area contributed by atoms with Crippen molar-refractivity contribution in [1.29, 1.82) is 0 Å². The van der Waals surface area contributed by atoms with Crippen LogP contribution in [0, 0.1) is 0 Å². The second-order valence-corrected chi connectivity index (χ2v) is 8.79. The van der Waals surface area contributed by atoms with Crippen LogP contribution in [0.5, 0.6) is 0 Å². The molecule has 172 valence electrons. The van der Waals surface area contributed by atoms with E-state index in [1.54, 1.807) is 0 Å². The smallest absolute Gasteiger partial charge is 0.138 e. The molecule has 0 aliphatic rings. The lowest BCUT2D eigenvalue weighted by atomic mass is 9.99. The van der Waals surface area contributed by atoms with E-state index in [4.69, 9.17) is 4.98 Å². The van der Waals surface area contributed by atoms with E-state index in [-0.39, 0.29) is 0 Å². The summed E-state index contributed by atoms with van der Waals surface area (Å²) in [6.07, 6.45) is 2.21. The number of hydrogen-bond donors (Lipinski definition) is 2. The van der Waals surface area contributed by atoms with Crippen LogP contribution in [0.1, 0.15) is 35.6 Å². The molecule has 0 saturated carbocycles. The van der Waals surface area contributed by atoms with E-state index in [1.165, 1.54) is 5.56 Å². The zero-order valence-corrected chi connectivity index (χ0v) is 20.0. The van der Waals surface area contributed by atoms with Gasteiger partial charge in [-0.2, -0.15) is 0 Å². The minimum absolute atomic E-state index is 0.847. The molecule has 0 radical (unpaired) electrons. The second kappa shape index (κ2) is 9.86. The predicted molar refractivity (Wildman–Crippen MR) is 149 cm³/mol. The predicted octanol–water partition coefficient (Wildman–Crippen LogP) is 8.33. The molecule has 0 aliphatic carbocycles. The highest BCUT2D eigenvalue weighted by atomic mass is 14.9. The lowest BCUT2D eigenvalue weighted by Crippen LogP contribution is -1.98. The van der Waals surface area contributed by atoms with Gasteiger partial charge in [0.25, 0.3) is 0 Å². The molecule has 3 heteroatoms. The SMILES string of the molecule is C=C(Nc1ccc(-c2nc3ccc(C(=C)c4ccccc4)cc3[nH]2)cc1)c1cccc(CCC)c1. The molecule has 0 bridgehead atoms. The van der Waals surface area contributed by atoms with Crippen molar-refractivity contribution in [3.63, 3.8) is 0 Å². The van der Waals surface area contributed by atoms with Crippen molar-refractivity contribution in [3.05, 3.63) is 132 Å². The molecule has 0 aliphatic heterocycles. The standard InChI is InChI=1S/C32H29N3/c1-4-9-24-10-8-13-28(20-24)23(3)33-29-17-14-26(15-18-29)32-34-30-19-16-27(21-31(30)35-32)22(2)25-11-6-5-7-12-25/h5-8,10-21,33H,2-4,9H2,1H3,(H,34,35). The molecule has 0 spiro atoms. The first-order chi connectivity index (χ1) is 17.1. The number of benzene rings is 4. The summed E-state index contributed by atoms with van der Waals surface area (Å²) < 4.78 is 0. The van der Waals surface area contributed by atoms with Gasteiger partial charge in [-0.1, -0.05) is 81.1 Å². The van der Waals surface area contributed by atoms with Crippen molar-refractivity contribution in [2.45, 2.75) is 19.8 Å². The highest BCUT2D eigenvalue weighted by Gasteiger charge is 2.09. The highest BCUT2D eigenvalue weighted by Crippen LogP contribution is 2.27. The Kier molecular flexibility index (Phi) is 6.32. The van der Waals surface area contributed by atoms with Crippen LogP contribution in [0.2, 0.25) is 0 Å². The van der Waals surface area contributed by atoms with Crippen molar-refractivity contribution >= 4 is 28.0 Å². The normalized spacial score (nSPS) is 10.9. The van der Waals surface area contributed by atoms with E-state index >= 15 is 0 Å². The minimum Gasteiger partial charge on any atom is -0.356 e. The number of rotatable bonds is 8. The lowest BCUT2D eigenvalue weighted by Gasteiger charge is -2.11. The van der Waals surface area contributed by atoms with Gasteiger partial charge in [0.1, 0.15) is 5.82 Å². The molecule has 0 unspecified atom stereocenters. The third-order valence-electron chi connectivity index (χ3n) is 6.22. The lowest BCUT2D eigenvalue weighted by molar-refractivity contribution is 0.921. The number of hydrogen-bond acceptors (Lipinski definition) is 2. The number of fused-ring (bicyclic) bond motifs is 1. The van der Waals surface area contributed by atoms with Crippen molar-refractivity contribution in [2.24, 2.45) is 0 Å². The van der Waals surface area contributed by atoms with Gasteiger partial charge in [0.15, 0.2) is 0 Å². The monoisotopic (exact) mass is 455 g/mol. The Balaban J connectivity index is 1.33. The van der Waals surface area contributed by atoms with E-state index in [1.807, 2.05) is 24.3 Å². The Morgan fingerprint density at radius 3 is 2.34 bits per heavy atom. The van der Waals surface area contributed by atoms with Crippen LogP contribution in [0.25, 0.3) is 33.7 Å². The fourth-order valence-corrected chi connectivity index (χ4v) is 4.30. The Bertz CT molecular complexity index is 1490. The van der Waals surface area contributed by atoms with Crippen LogP contribution in [-0.2, 0) is 6.42 Å². The fraction of sp³-hybridized carbons (Fsp3) is 0.0938. The molecule has 0 atom stereocenters. The molecule has 1 heterocycles. The second-order valence-electron chi connectivity index (χ2n) is 8.79. The van der Waals surface area contributed by atoms with E-state index < -0.39 is 0 Å². The number of aryl methyl sites for hydroxylation is 1. The third kappa shape index (κ3) is 4.95. The number of anilines is 1. The average molecular weight is 456 g/mol. The molecule has 2 N–H and O–H groups in total. The van der Waals surface area contributed by atoms with Crippen LogP contribution in [0.15, 0.2) is 110 Å². The van der Waals surface area contributed by atoms with Gasteiger partial charge in [-0.15, -0.1) is 0 Å². The molecular weight excluding hydrogens is 426 g/mol.